The second-order valence-corrected chi connectivity index (χ2v) is 9.58. The van der Waals surface area contributed by atoms with E-state index in [2.05, 4.69) is 15.8 Å². The number of nitrogens with one attached hydrogen (secondary N) is 2. The molecule has 9 nitrogen and oxygen atoms in total. The van der Waals surface area contributed by atoms with E-state index in [9.17, 15) is 18.0 Å². The number of halogens is 1. The van der Waals surface area contributed by atoms with Crippen LogP contribution in [0.3, 0.4) is 0 Å². The molecular formula is C19H24ClN5O4S. The molecule has 0 radical (unpaired) electrons. The molecule has 0 aliphatic carbocycles. The molecule has 0 saturated carbocycles. The molecule has 1 aliphatic rings. The average molecular weight is 454 g/mol. The molecule has 162 valence electrons. The molecule has 0 bridgehead atoms. The van der Waals surface area contributed by atoms with Crippen LogP contribution in [0.1, 0.15) is 24.2 Å². The van der Waals surface area contributed by atoms with Gasteiger partial charge in [0.15, 0.2) is 5.03 Å². The van der Waals surface area contributed by atoms with Crippen molar-refractivity contribution in [3.05, 3.63) is 46.9 Å². The third-order valence-electron chi connectivity index (χ3n) is 5.12. The second-order valence-electron chi connectivity index (χ2n) is 7.26. The summed E-state index contributed by atoms with van der Waals surface area (Å²) in [6, 6.07) is 6.86. The molecule has 2 amide bonds. The Morgan fingerprint density at radius 3 is 2.37 bits per heavy atom. The number of benzene rings is 1. The molecule has 1 fully saturated rings. The van der Waals surface area contributed by atoms with E-state index in [1.807, 2.05) is 0 Å². The number of piperidine rings is 1. The van der Waals surface area contributed by atoms with Crippen LogP contribution in [-0.4, -0.2) is 47.2 Å². The van der Waals surface area contributed by atoms with Gasteiger partial charge in [-0.25, -0.2) is 13.4 Å². The Hall–Kier alpha value is -2.43. The van der Waals surface area contributed by atoms with Crippen molar-refractivity contribution in [2.24, 2.45) is 13.0 Å². The second kappa shape index (κ2) is 9.15. The van der Waals surface area contributed by atoms with Gasteiger partial charge in [-0.15, -0.1) is 0 Å². The highest BCUT2D eigenvalue weighted by molar-refractivity contribution is 7.89. The summed E-state index contributed by atoms with van der Waals surface area (Å²) in [5.41, 5.74) is 5.61. The molecule has 2 N–H and O–H groups in total. The lowest BCUT2D eigenvalue weighted by Crippen LogP contribution is -2.48. The van der Waals surface area contributed by atoms with Gasteiger partial charge in [0.2, 0.25) is 11.8 Å². The first-order chi connectivity index (χ1) is 14.2. The van der Waals surface area contributed by atoms with Crippen molar-refractivity contribution in [2.75, 3.05) is 13.1 Å². The minimum absolute atomic E-state index is 0.0138. The maximum absolute atomic E-state index is 12.7. The van der Waals surface area contributed by atoms with Gasteiger partial charge in [0.1, 0.15) is 5.82 Å². The van der Waals surface area contributed by atoms with Crippen LogP contribution < -0.4 is 10.9 Å². The summed E-state index contributed by atoms with van der Waals surface area (Å²) >= 11 is 5.81. The standard InChI is InChI=1S/C19H24ClN5O4S/c1-13-21-18(12-24(13)2)30(28,29)25-9-7-15(8-10-25)19(27)23-22-17(26)11-14-3-5-16(20)6-4-14/h3-6,12,15H,7-11H2,1-2H3,(H,22,26)(H,23,27). The van der Waals surface area contributed by atoms with Crippen molar-refractivity contribution in [3.63, 3.8) is 0 Å². The molecule has 0 spiro atoms. The van der Waals surface area contributed by atoms with Crippen LogP contribution in [0.15, 0.2) is 35.5 Å². The van der Waals surface area contributed by atoms with Crippen molar-refractivity contribution in [1.29, 1.82) is 0 Å². The Morgan fingerprint density at radius 1 is 1.17 bits per heavy atom. The predicted octanol–water partition coefficient (Wildman–Crippen LogP) is 1.17. The monoisotopic (exact) mass is 453 g/mol. The fraction of sp³-hybridized carbons (Fsp3) is 0.421. The van der Waals surface area contributed by atoms with Gasteiger partial charge >= 0.3 is 0 Å². The number of hydrazine groups is 1. The van der Waals surface area contributed by atoms with Crippen LogP contribution in [0.5, 0.6) is 0 Å². The number of hydrogen-bond acceptors (Lipinski definition) is 5. The number of aryl methyl sites for hydroxylation is 2. The average Bonchev–Trinajstić information content (AvgIpc) is 3.07. The van der Waals surface area contributed by atoms with Gasteiger partial charge in [0.25, 0.3) is 10.0 Å². The van der Waals surface area contributed by atoms with Crippen LogP contribution >= 0.6 is 11.6 Å². The molecule has 0 atom stereocenters. The summed E-state index contributed by atoms with van der Waals surface area (Å²) in [7, 11) is -1.95. The van der Waals surface area contributed by atoms with Crippen molar-refractivity contribution < 1.29 is 18.0 Å². The molecule has 11 heteroatoms. The largest absolute Gasteiger partial charge is 0.337 e. The highest BCUT2D eigenvalue weighted by atomic mass is 35.5. The molecule has 0 unspecified atom stereocenters. The van der Waals surface area contributed by atoms with Gasteiger partial charge in [-0.3, -0.25) is 20.4 Å². The lowest BCUT2D eigenvalue weighted by Gasteiger charge is -2.29. The van der Waals surface area contributed by atoms with E-state index >= 15 is 0 Å². The van der Waals surface area contributed by atoms with Crippen molar-refractivity contribution in [3.8, 4) is 0 Å². The van der Waals surface area contributed by atoms with Crippen LogP contribution in [0, 0.1) is 12.8 Å². The minimum atomic E-state index is -3.69. The van der Waals surface area contributed by atoms with Gasteiger partial charge in [0, 0.05) is 37.3 Å². The number of rotatable bonds is 5. The van der Waals surface area contributed by atoms with Crippen LogP contribution in [-0.2, 0) is 33.1 Å². The number of imidazole rings is 1. The van der Waals surface area contributed by atoms with E-state index in [0.29, 0.717) is 23.7 Å². The topological polar surface area (TPSA) is 113 Å². The van der Waals surface area contributed by atoms with E-state index in [1.54, 1.807) is 42.8 Å². The lowest BCUT2D eigenvalue weighted by molar-refractivity contribution is -0.131. The highest BCUT2D eigenvalue weighted by Gasteiger charge is 2.33. The highest BCUT2D eigenvalue weighted by Crippen LogP contribution is 2.23. The predicted molar refractivity (Wildman–Crippen MR) is 111 cm³/mol. The summed E-state index contributed by atoms with van der Waals surface area (Å²) in [5.74, 6) is -0.448. The first-order valence-electron chi connectivity index (χ1n) is 9.50. The number of sulfonamides is 1. The SMILES string of the molecule is Cc1nc(S(=O)(=O)N2CCC(C(=O)NNC(=O)Cc3ccc(Cl)cc3)CC2)cn1C. The van der Waals surface area contributed by atoms with E-state index in [-0.39, 0.29) is 42.3 Å². The Morgan fingerprint density at radius 2 is 1.80 bits per heavy atom. The van der Waals surface area contributed by atoms with Gasteiger partial charge in [-0.1, -0.05) is 23.7 Å². The first-order valence-corrected chi connectivity index (χ1v) is 11.3. The maximum Gasteiger partial charge on any atom is 0.262 e. The van der Waals surface area contributed by atoms with E-state index in [4.69, 9.17) is 11.6 Å². The normalized spacial score (nSPS) is 15.7. The minimum Gasteiger partial charge on any atom is -0.337 e. The number of nitrogens with zero attached hydrogens (tertiary/aromatic N) is 3. The van der Waals surface area contributed by atoms with Crippen molar-refractivity contribution >= 4 is 33.4 Å². The van der Waals surface area contributed by atoms with Crippen LogP contribution in [0.4, 0.5) is 0 Å². The van der Waals surface area contributed by atoms with E-state index in [1.165, 1.54) is 10.5 Å². The summed E-state index contributed by atoms with van der Waals surface area (Å²) in [5, 5.41) is 0.596. The van der Waals surface area contributed by atoms with Crippen LogP contribution in [0.25, 0.3) is 0 Å². The van der Waals surface area contributed by atoms with Crippen molar-refractivity contribution in [2.45, 2.75) is 31.2 Å². The third-order valence-corrected chi connectivity index (χ3v) is 7.14. The number of amides is 2. The molecular weight excluding hydrogens is 430 g/mol. The van der Waals surface area contributed by atoms with Crippen molar-refractivity contribution in [1.82, 2.24) is 24.7 Å². The fourth-order valence-corrected chi connectivity index (χ4v) is 4.83. The molecule has 1 aliphatic heterocycles. The Labute approximate surface area is 180 Å². The van der Waals surface area contributed by atoms with Crippen LogP contribution in [0.2, 0.25) is 5.02 Å². The lowest BCUT2D eigenvalue weighted by atomic mass is 9.98. The number of carbonyl (C=O) groups is 2. The smallest absolute Gasteiger partial charge is 0.262 e. The summed E-state index contributed by atoms with van der Waals surface area (Å²) in [6.07, 6.45) is 2.32. The van der Waals surface area contributed by atoms with Gasteiger partial charge in [-0.2, -0.15) is 4.31 Å². The number of hydrogen-bond donors (Lipinski definition) is 2. The molecule has 1 aromatic heterocycles. The van der Waals surface area contributed by atoms with E-state index < -0.39 is 10.0 Å². The molecule has 3 rings (SSSR count). The zero-order valence-corrected chi connectivity index (χ0v) is 18.3. The summed E-state index contributed by atoms with van der Waals surface area (Å²) in [6.45, 7) is 2.17. The first kappa shape index (κ1) is 22.3. The number of carbonyl (C=O) groups excluding carboxylic acids is 2. The van der Waals surface area contributed by atoms with E-state index in [0.717, 1.165) is 5.56 Å². The summed E-state index contributed by atoms with van der Waals surface area (Å²) in [4.78, 5) is 28.4. The zero-order chi connectivity index (χ0) is 21.9. The Balaban J connectivity index is 1.48. The Bertz CT molecular complexity index is 1010. The number of aromatic nitrogens is 2. The van der Waals surface area contributed by atoms with Gasteiger partial charge < -0.3 is 4.57 Å². The van der Waals surface area contributed by atoms with Gasteiger partial charge in [0.05, 0.1) is 6.42 Å². The molecule has 1 aromatic carbocycles. The summed E-state index contributed by atoms with van der Waals surface area (Å²) < 4.78 is 28.4. The quantitative estimate of drug-likeness (QED) is 0.660. The Kier molecular flexibility index (Phi) is 6.79. The fourth-order valence-electron chi connectivity index (χ4n) is 3.21. The zero-order valence-electron chi connectivity index (χ0n) is 16.8. The molecule has 2 aromatic rings. The molecule has 30 heavy (non-hydrogen) atoms. The third kappa shape index (κ3) is 5.18. The molecule has 1 saturated heterocycles. The maximum atomic E-state index is 12.7. The molecule has 2 heterocycles. The van der Waals surface area contributed by atoms with Gasteiger partial charge in [-0.05, 0) is 37.5 Å².